The Morgan fingerprint density at radius 2 is 1.81 bits per heavy atom. The predicted octanol–water partition coefficient (Wildman–Crippen LogP) is 3.92. The van der Waals surface area contributed by atoms with E-state index in [1.165, 1.54) is 0 Å². The van der Waals surface area contributed by atoms with Crippen LogP contribution in [0.15, 0.2) is 60.8 Å². The number of amides is 1. The molecule has 3 rings (SSSR count). The SMILES string of the molecule is COCCNC(=O)c1ccc(Nc2nccc(-c3ccc(Cl)cc3)n2)cc1. The van der Waals surface area contributed by atoms with E-state index in [2.05, 4.69) is 20.6 Å². The Morgan fingerprint density at radius 1 is 1.07 bits per heavy atom. The van der Waals surface area contributed by atoms with Crippen molar-refractivity contribution in [1.29, 1.82) is 0 Å². The van der Waals surface area contributed by atoms with Gasteiger partial charge in [0.05, 0.1) is 12.3 Å². The molecule has 0 radical (unpaired) electrons. The molecule has 0 aliphatic carbocycles. The van der Waals surface area contributed by atoms with Crippen LogP contribution >= 0.6 is 11.6 Å². The number of halogens is 1. The average molecular weight is 383 g/mol. The number of anilines is 2. The van der Waals surface area contributed by atoms with E-state index in [1.54, 1.807) is 25.4 Å². The van der Waals surface area contributed by atoms with Crippen molar-refractivity contribution >= 4 is 29.1 Å². The fraction of sp³-hybridized carbons (Fsp3) is 0.150. The first-order valence-electron chi connectivity index (χ1n) is 8.39. The van der Waals surface area contributed by atoms with Gasteiger partial charge in [-0.25, -0.2) is 9.97 Å². The molecule has 0 aliphatic heterocycles. The number of nitrogens with zero attached hydrogens (tertiary/aromatic N) is 2. The summed E-state index contributed by atoms with van der Waals surface area (Å²) in [7, 11) is 1.59. The molecule has 27 heavy (non-hydrogen) atoms. The zero-order valence-corrected chi connectivity index (χ0v) is 15.5. The standard InChI is InChI=1S/C20H19ClN4O2/c1-27-13-12-22-19(26)15-4-8-17(9-5-15)24-20-23-11-10-18(25-20)14-2-6-16(21)7-3-14/h2-11H,12-13H2,1H3,(H,22,26)(H,23,24,25). The molecular formula is C20H19ClN4O2. The maximum absolute atomic E-state index is 12.0. The molecule has 6 nitrogen and oxygen atoms in total. The first-order valence-corrected chi connectivity index (χ1v) is 8.77. The first kappa shape index (κ1) is 18.8. The second kappa shape index (κ2) is 9.12. The second-order valence-corrected chi connectivity index (χ2v) is 6.16. The van der Waals surface area contributed by atoms with Crippen LogP contribution in [0.4, 0.5) is 11.6 Å². The van der Waals surface area contributed by atoms with Crippen molar-refractivity contribution in [2.24, 2.45) is 0 Å². The van der Waals surface area contributed by atoms with Gasteiger partial charge >= 0.3 is 0 Å². The molecular weight excluding hydrogens is 364 g/mol. The van der Waals surface area contributed by atoms with Crippen LogP contribution in [0, 0.1) is 0 Å². The van der Waals surface area contributed by atoms with Gasteiger partial charge in [-0.2, -0.15) is 0 Å². The highest BCUT2D eigenvalue weighted by Gasteiger charge is 2.06. The van der Waals surface area contributed by atoms with Gasteiger partial charge in [0, 0.05) is 41.7 Å². The highest BCUT2D eigenvalue weighted by molar-refractivity contribution is 6.30. The minimum Gasteiger partial charge on any atom is -0.383 e. The summed E-state index contributed by atoms with van der Waals surface area (Å²) in [5, 5.41) is 6.60. The highest BCUT2D eigenvalue weighted by Crippen LogP contribution is 2.21. The number of carbonyl (C=O) groups excluding carboxylic acids is 1. The van der Waals surface area contributed by atoms with E-state index in [0.29, 0.717) is 29.7 Å². The van der Waals surface area contributed by atoms with Gasteiger partial charge < -0.3 is 15.4 Å². The molecule has 2 aromatic carbocycles. The zero-order valence-electron chi connectivity index (χ0n) is 14.8. The lowest BCUT2D eigenvalue weighted by Crippen LogP contribution is -2.26. The topological polar surface area (TPSA) is 76.1 Å². The summed E-state index contributed by atoms with van der Waals surface area (Å²) >= 11 is 5.93. The van der Waals surface area contributed by atoms with Crippen molar-refractivity contribution < 1.29 is 9.53 Å². The summed E-state index contributed by atoms with van der Waals surface area (Å²) in [5.41, 5.74) is 3.11. The highest BCUT2D eigenvalue weighted by atomic mass is 35.5. The van der Waals surface area contributed by atoms with Crippen molar-refractivity contribution in [2.75, 3.05) is 25.6 Å². The van der Waals surface area contributed by atoms with Gasteiger partial charge in [0.2, 0.25) is 5.95 Å². The summed E-state index contributed by atoms with van der Waals surface area (Å²) in [6.45, 7) is 0.952. The van der Waals surface area contributed by atoms with Crippen LogP contribution in [-0.4, -0.2) is 36.1 Å². The number of rotatable bonds is 7. The molecule has 0 spiro atoms. The monoisotopic (exact) mass is 382 g/mol. The van der Waals surface area contributed by atoms with E-state index < -0.39 is 0 Å². The number of methoxy groups -OCH3 is 1. The van der Waals surface area contributed by atoms with Gasteiger partial charge in [0.15, 0.2) is 0 Å². The number of ether oxygens (including phenoxy) is 1. The maximum atomic E-state index is 12.0. The summed E-state index contributed by atoms with van der Waals surface area (Å²) in [4.78, 5) is 20.8. The van der Waals surface area contributed by atoms with Crippen LogP contribution < -0.4 is 10.6 Å². The second-order valence-electron chi connectivity index (χ2n) is 5.72. The third-order valence-electron chi connectivity index (χ3n) is 3.79. The van der Waals surface area contributed by atoms with Crippen LogP contribution in [0.2, 0.25) is 5.02 Å². The van der Waals surface area contributed by atoms with Gasteiger partial charge in [-0.1, -0.05) is 23.7 Å². The molecule has 1 heterocycles. The fourth-order valence-electron chi connectivity index (χ4n) is 2.40. The molecule has 138 valence electrons. The molecule has 2 N–H and O–H groups in total. The van der Waals surface area contributed by atoms with Crippen LogP contribution in [-0.2, 0) is 4.74 Å². The molecule has 0 unspecified atom stereocenters. The van der Waals surface area contributed by atoms with Crippen molar-refractivity contribution in [3.8, 4) is 11.3 Å². The Morgan fingerprint density at radius 3 is 2.52 bits per heavy atom. The lowest BCUT2D eigenvalue weighted by Gasteiger charge is -2.08. The average Bonchev–Trinajstić information content (AvgIpc) is 2.69. The van der Waals surface area contributed by atoms with Crippen LogP contribution in [0.1, 0.15) is 10.4 Å². The Hall–Kier alpha value is -2.96. The first-order chi connectivity index (χ1) is 13.2. The lowest BCUT2D eigenvalue weighted by atomic mass is 10.1. The third kappa shape index (κ3) is 5.26. The van der Waals surface area contributed by atoms with Gasteiger partial charge in [-0.15, -0.1) is 0 Å². The van der Waals surface area contributed by atoms with Crippen molar-refractivity contribution in [1.82, 2.24) is 15.3 Å². The van der Waals surface area contributed by atoms with E-state index >= 15 is 0 Å². The van der Waals surface area contributed by atoms with E-state index in [9.17, 15) is 4.79 Å². The fourth-order valence-corrected chi connectivity index (χ4v) is 2.53. The molecule has 1 aromatic heterocycles. The Balaban J connectivity index is 1.67. The molecule has 0 bridgehead atoms. The quantitative estimate of drug-likeness (QED) is 0.606. The summed E-state index contributed by atoms with van der Waals surface area (Å²) < 4.78 is 4.92. The Kier molecular flexibility index (Phi) is 6.35. The maximum Gasteiger partial charge on any atom is 0.251 e. The molecule has 0 aliphatic rings. The molecule has 3 aromatic rings. The number of aromatic nitrogens is 2. The number of benzene rings is 2. The minimum atomic E-state index is -0.139. The summed E-state index contributed by atoms with van der Waals surface area (Å²) in [5.74, 6) is 0.333. The van der Waals surface area contributed by atoms with Gasteiger partial charge in [0.25, 0.3) is 5.91 Å². The molecule has 7 heteroatoms. The van der Waals surface area contributed by atoms with Crippen LogP contribution in [0.5, 0.6) is 0 Å². The van der Waals surface area contributed by atoms with E-state index in [-0.39, 0.29) is 5.91 Å². The van der Waals surface area contributed by atoms with Gasteiger partial charge in [0.1, 0.15) is 0 Å². The van der Waals surface area contributed by atoms with Crippen LogP contribution in [0.3, 0.4) is 0 Å². The minimum absolute atomic E-state index is 0.139. The smallest absolute Gasteiger partial charge is 0.251 e. The van der Waals surface area contributed by atoms with Crippen molar-refractivity contribution in [3.63, 3.8) is 0 Å². The summed E-state index contributed by atoms with van der Waals surface area (Å²) in [6, 6.07) is 16.4. The molecule has 0 fully saturated rings. The lowest BCUT2D eigenvalue weighted by molar-refractivity contribution is 0.0937. The third-order valence-corrected chi connectivity index (χ3v) is 4.04. The number of carbonyl (C=O) groups is 1. The van der Waals surface area contributed by atoms with Gasteiger partial charge in [-0.3, -0.25) is 4.79 Å². The van der Waals surface area contributed by atoms with E-state index in [1.807, 2.05) is 42.5 Å². The van der Waals surface area contributed by atoms with E-state index in [0.717, 1.165) is 16.9 Å². The van der Waals surface area contributed by atoms with E-state index in [4.69, 9.17) is 16.3 Å². The molecule has 0 saturated heterocycles. The summed E-state index contributed by atoms with van der Waals surface area (Å²) in [6.07, 6.45) is 1.69. The van der Waals surface area contributed by atoms with Crippen molar-refractivity contribution in [3.05, 3.63) is 71.4 Å². The Labute approximate surface area is 162 Å². The zero-order chi connectivity index (χ0) is 19.1. The molecule has 1 amide bonds. The van der Waals surface area contributed by atoms with Gasteiger partial charge in [-0.05, 0) is 42.5 Å². The van der Waals surface area contributed by atoms with Crippen molar-refractivity contribution in [2.45, 2.75) is 0 Å². The normalized spacial score (nSPS) is 10.4. The number of hydrogen-bond acceptors (Lipinski definition) is 5. The number of hydrogen-bond donors (Lipinski definition) is 2. The number of nitrogens with one attached hydrogen (secondary N) is 2. The Bertz CT molecular complexity index is 899. The van der Waals surface area contributed by atoms with Crippen LogP contribution in [0.25, 0.3) is 11.3 Å². The predicted molar refractivity (Wildman–Crippen MR) is 106 cm³/mol. The molecule has 0 saturated carbocycles. The largest absolute Gasteiger partial charge is 0.383 e. The molecule has 0 atom stereocenters.